The van der Waals surface area contributed by atoms with Crippen LogP contribution in [0, 0.1) is 22.2 Å². The van der Waals surface area contributed by atoms with E-state index >= 15 is 0 Å². The zero-order valence-corrected chi connectivity index (χ0v) is 36.6. The molecule has 2 aromatic carbocycles. The van der Waals surface area contributed by atoms with Gasteiger partial charge >= 0.3 is 30.0 Å². The molecule has 2 saturated carbocycles. The highest BCUT2D eigenvalue weighted by Gasteiger charge is 2.78. The van der Waals surface area contributed by atoms with Crippen LogP contribution in [0.4, 0.5) is 4.79 Å². The minimum absolute atomic E-state index is 0.0259. The largest absolute Gasteiger partial charge is 0.456 e. The van der Waals surface area contributed by atoms with E-state index in [0.29, 0.717) is 5.56 Å². The average Bonchev–Trinajstić information content (AvgIpc) is 3.20. The van der Waals surface area contributed by atoms with E-state index in [4.69, 9.17) is 28.4 Å². The number of carbonyl (C=O) groups is 5. The van der Waals surface area contributed by atoms with Gasteiger partial charge in [0.15, 0.2) is 17.8 Å². The minimum Gasteiger partial charge on any atom is -0.456 e. The van der Waals surface area contributed by atoms with Gasteiger partial charge in [-0.1, -0.05) is 90.1 Å². The maximum Gasteiger partial charge on any atom is 0.407 e. The number of aliphatic hydroxyl groups excluding tert-OH is 3. The predicted molar refractivity (Wildman–Crippen MR) is 219 cm³/mol. The number of hydrogen-bond donors (Lipinski definition) is 5. The van der Waals surface area contributed by atoms with Gasteiger partial charge in [0.2, 0.25) is 0 Å². The van der Waals surface area contributed by atoms with Gasteiger partial charge in [-0.2, -0.15) is 0 Å². The lowest BCUT2D eigenvalue weighted by atomic mass is 9.44. The number of amides is 1. The summed E-state index contributed by atoms with van der Waals surface area (Å²) in [5.74, 6) is -5.19. The van der Waals surface area contributed by atoms with Crippen LogP contribution in [-0.4, -0.2) is 118 Å². The summed E-state index contributed by atoms with van der Waals surface area (Å²) in [5, 5.41) is 52.9. The Morgan fingerprint density at radius 3 is 2.06 bits per heavy atom. The molecule has 0 radical (unpaired) electrons. The molecule has 0 spiro atoms. The number of alkyl carbamates (subject to hydrolysis) is 1. The lowest BCUT2D eigenvalue weighted by molar-refractivity contribution is -0.365. The molecule has 62 heavy (non-hydrogen) atoms. The zero-order valence-electron chi connectivity index (χ0n) is 36.6. The maximum atomic E-state index is 14.3. The van der Waals surface area contributed by atoms with Crippen LogP contribution < -0.4 is 5.32 Å². The van der Waals surface area contributed by atoms with Gasteiger partial charge in [0.25, 0.3) is 0 Å². The Kier molecular flexibility index (Phi) is 12.8. The number of esters is 4. The van der Waals surface area contributed by atoms with Crippen molar-refractivity contribution in [3.8, 4) is 0 Å². The number of hydrogen-bond acceptors (Lipinski definition) is 15. The first kappa shape index (κ1) is 46.6. The number of ether oxygens (including phenoxy) is 6. The van der Waals surface area contributed by atoms with Gasteiger partial charge in [-0.25, -0.2) is 14.4 Å². The Bertz CT molecular complexity index is 2070. The van der Waals surface area contributed by atoms with Crippen LogP contribution in [0.2, 0.25) is 0 Å². The molecule has 0 unspecified atom stereocenters. The molecule has 16 nitrogen and oxygen atoms in total. The molecule has 1 saturated heterocycles. The van der Waals surface area contributed by atoms with Crippen LogP contribution >= 0.6 is 0 Å². The van der Waals surface area contributed by atoms with Crippen molar-refractivity contribution in [3.05, 3.63) is 82.9 Å². The third-order valence-electron chi connectivity index (χ3n) is 13.3. The minimum atomic E-state index is -2.36. The van der Waals surface area contributed by atoms with Crippen LogP contribution in [0.1, 0.15) is 97.1 Å². The van der Waals surface area contributed by atoms with Crippen molar-refractivity contribution >= 4 is 30.0 Å². The van der Waals surface area contributed by atoms with Crippen LogP contribution in [0.3, 0.4) is 0 Å². The number of carbonyl (C=O) groups excluding carboxylic acids is 5. The van der Waals surface area contributed by atoms with E-state index in [0.717, 1.165) is 6.92 Å². The molecular weight excluding hydrogens is 806 g/mol. The van der Waals surface area contributed by atoms with Crippen molar-refractivity contribution in [2.75, 3.05) is 13.2 Å². The van der Waals surface area contributed by atoms with E-state index in [1.54, 1.807) is 69.3 Å². The van der Waals surface area contributed by atoms with Gasteiger partial charge in [0, 0.05) is 37.5 Å². The summed E-state index contributed by atoms with van der Waals surface area (Å²) in [6.07, 6.45) is -12.8. The fourth-order valence-corrected chi connectivity index (χ4v) is 10.1. The standard InChI is InChI=1S/C46H59NO15/c1-24-29(60-40(54)34(51)33(27-16-12-10-13-17-27)47-41(55)58-22-42(4,5)6)21-46(56)38(61-39(53)28-18-14-11-15-19-28)36-44(9,30(50)20-31-45(36,23-57-31)62-26(3)49)37(52)35(59-25(2)48)32(24)43(46,7)8/h10-19,29-31,33-38,50-52,56H,20-23H2,1-9H3,(H,47,55)/t29-,30-,31+,33-,34+,35+,36-,37-,38-,44+,45-,46+/m0/s1. The summed E-state index contributed by atoms with van der Waals surface area (Å²) < 4.78 is 35.8. The molecule has 338 valence electrons. The summed E-state index contributed by atoms with van der Waals surface area (Å²) >= 11 is 0. The Balaban J connectivity index is 1.52. The first-order chi connectivity index (χ1) is 28.9. The van der Waals surface area contributed by atoms with Gasteiger partial charge in [-0.05, 0) is 41.2 Å². The van der Waals surface area contributed by atoms with Gasteiger partial charge in [0.05, 0.1) is 36.8 Å². The molecule has 6 rings (SSSR count). The summed E-state index contributed by atoms with van der Waals surface area (Å²) in [6.45, 7) is 13.9. The molecule has 1 heterocycles. The molecule has 3 fully saturated rings. The van der Waals surface area contributed by atoms with Crippen LogP contribution in [0.5, 0.6) is 0 Å². The van der Waals surface area contributed by atoms with Crippen molar-refractivity contribution in [3.63, 3.8) is 0 Å². The molecule has 4 aliphatic rings. The quantitative estimate of drug-likeness (QED) is 0.130. The van der Waals surface area contributed by atoms with Crippen molar-refractivity contribution in [2.45, 2.75) is 135 Å². The monoisotopic (exact) mass is 865 g/mol. The lowest BCUT2D eigenvalue weighted by Gasteiger charge is -2.69. The number of aliphatic hydroxyl groups is 4. The Hall–Kier alpha value is -4.87. The lowest BCUT2D eigenvalue weighted by Crippen LogP contribution is -2.82. The fourth-order valence-electron chi connectivity index (χ4n) is 10.1. The molecule has 2 bridgehead atoms. The summed E-state index contributed by atoms with van der Waals surface area (Å²) in [5.41, 5.74) is -7.20. The van der Waals surface area contributed by atoms with Crippen molar-refractivity contribution in [2.24, 2.45) is 22.2 Å². The van der Waals surface area contributed by atoms with Gasteiger partial charge in [-0.3, -0.25) is 9.59 Å². The number of nitrogens with one attached hydrogen (secondary N) is 1. The Morgan fingerprint density at radius 1 is 0.903 bits per heavy atom. The molecule has 3 aliphatic carbocycles. The van der Waals surface area contributed by atoms with E-state index < -0.39 is 119 Å². The van der Waals surface area contributed by atoms with Crippen LogP contribution in [0.15, 0.2) is 71.8 Å². The molecular formula is C46H59NO15. The highest BCUT2D eigenvalue weighted by molar-refractivity contribution is 5.89. The maximum absolute atomic E-state index is 14.3. The molecule has 12 atom stereocenters. The molecule has 16 heteroatoms. The molecule has 1 amide bonds. The predicted octanol–water partition coefficient (Wildman–Crippen LogP) is 3.87. The number of benzene rings is 2. The van der Waals surface area contributed by atoms with Crippen molar-refractivity contribution in [1.82, 2.24) is 5.32 Å². The number of rotatable bonds is 10. The first-order valence-corrected chi connectivity index (χ1v) is 20.8. The van der Waals surface area contributed by atoms with Crippen molar-refractivity contribution < 1.29 is 72.8 Å². The van der Waals surface area contributed by atoms with E-state index in [1.165, 1.54) is 26.0 Å². The average molecular weight is 866 g/mol. The van der Waals surface area contributed by atoms with Gasteiger partial charge < -0.3 is 54.2 Å². The van der Waals surface area contributed by atoms with E-state index in [1.807, 2.05) is 20.8 Å². The molecule has 0 aromatic heterocycles. The fraction of sp³-hybridized carbons (Fsp3) is 0.587. The van der Waals surface area contributed by atoms with Gasteiger partial charge in [-0.15, -0.1) is 0 Å². The van der Waals surface area contributed by atoms with E-state index in [-0.39, 0.29) is 36.3 Å². The second kappa shape index (κ2) is 17.0. The summed E-state index contributed by atoms with van der Waals surface area (Å²) in [4.78, 5) is 67.6. The van der Waals surface area contributed by atoms with E-state index in [2.05, 4.69) is 5.32 Å². The molecule has 1 aliphatic heterocycles. The highest BCUT2D eigenvalue weighted by Crippen LogP contribution is 2.65. The van der Waals surface area contributed by atoms with Gasteiger partial charge in [0.1, 0.15) is 30.0 Å². The second-order valence-corrected chi connectivity index (χ2v) is 19.0. The third-order valence-corrected chi connectivity index (χ3v) is 13.3. The zero-order chi connectivity index (χ0) is 45.7. The SMILES string of the molecule is CC(=O)O[C@@H]1C2=C(C)[C@@H](OC(=O)[C@H](O)[C@@H](NC(=O)OCC(C)(C)C)c3ccccc3)C[C@@](O)([C@@H](OC(=O)c3ccccc3)[C@@H]3[C@]4(OC(C)=O)CO[C@@H]4C[C@H](O)[C@@]3(C)[C@H]1O)C2(C)C. The molecule has 2 aromatic rings. The highest BCUT2D eigenvalue weighted by atomic mass is 16.6. The summed E-state index contributed by atoms with van der Waals surface area (Å²) in [6, 6.07) is 14.7. The Morgan fingerprint density at radius 2 is 1.52 bits per heavy atom. The van der Waals surface area contributed by atoms with Crippen LogP contribution in [-0.2, 0) is 42.8 Å². The van der Waals surface area contributed by atoms with Crippen molar-refractivity contribution in [1.29, 1.82) is 0 Å². The van der Waals surface area contributed by atoms with Crippen LogP contribution in [0.25, 0.3) is 0 Å². The molecule has 5 N–H and O–H groups in total. The first-order valence-electron chi connectivity index (χ1n) is 20.8. The topological polar surface area (TPSA) is 234 Å². The third kappa shape index (κ3) is 8.23. The smallest absolute Gasteiger partial charge is 0.407 e. The van der Waals surface area contributed by atoms with E-state index in [9.17, 15) is 44.4 Å². The Labute approximate surface area is 360 Å². The second-order valence-electron chi connectivity index (χ2n) is 19.0. The normalized spacial score (nSPS) is 33.3. The number of fused-ring (bicyclic) bond motifs is 5. The summed E-state index contributed by atoms with van der Waals surface area (Å²) in [7, 11) is 0.